The Hall–Kier alpha value is -1.35. The van der Waals surface area contributed by atoms with Gasteiger partial charge in [0.2, 0.25) is 5.91 Å². The van der Waals surface area contributed by atoms with Crippen molar-refractivity contribution in [2.45, 2.75) is 52.0 Å². The first-order chi connectivity index (χ1) is 9.99. The minimum atomic E-state index is -0.321. The van der Waals surface area contributed by atoms with Crippen LogP contribution in [0.1, 0.15) is 45.1 Å². The number of amides is 1. The van der Waals surface area contributed by atoms with Gasteiger partial charge < -0.3 is 11.1 Å². The van der Waals surface area contributed by atoms with E-state index in [1.54, 1.807) is 0 Å². The minimum absolute atomic E-state index is 0.131. The molecule has 1 aromatic carbocycles. The first-order valence-corrected chi connectivity index (χ1v) is 8.07. The predicted octanol–water partition coefficient (Wildman–Crippen LogP) is 2.89. The Balaban J connectivity index is 1.70. The van der Waals surface area contributed by atoms with E-state index in [9.17, 15) is 4.79 Å². The van der Waals surface area contributed by atoms with E-state index in [0.717, 1.165) is 19.3 Å². The summed E-state index contributed by atoms with van der Waals surface area (Å²) in [6.45, 7) is 4.66. The number of rotatable bonds is 8. The molecule has 1 aliphatic rings. The zero-order valence-corrected chi connectivity index (χ0v) is 13.3. The van der Waals surface area contributed by atoms with Crippen molar-refractivity contribution in [3.8, 4) is 0 Å². The smallest absolute Gasteiger partial charge is 0.225 e. The van der Waals surface area contributed by atoms with E-state index in [0.29, 0.717) is 12.5 Å². The number of carbonyl (C=O) groups excluding carboxylic acids is 1. The second kappa shape index (κ2) is 7.08. The molecule has 1 aliphatic carbocycles. The lowest BCUT2D eigenvalue weighted by atomic mass is 9.85. The third-order valence-corrected chi connectivity index (χ3v) is 4.45. The molecule has 0 saturated heterocycles. The monoisotopic (exact) mass is 288 g/mol. The normalized spacial score (nSPS) is 16.5. The van der Waals surface area contributed by atoms with Crippen LogP contribution in [0.15, 0.2) is 30.3 Å². The molecule has 0 bridgehead atoms. The molecule has 1 amide bonds. The molecular weight excluding hydrogens is 260 g/mol. The van der Waals surface area contributed by atoms with Gasteiger partial charge in [-0.2, -0.15) is 0 Å². The Morgan fingerprint density at radius 1 is 1.33 bits per heavy atom. The molecule has 2 rings (SSSR count). The molecule has 116 valence electrons. The fourth-order valence-corrected chi connectivity index (χ4v) is 2.63. The third-order valence-electron chi connectivity index (χ3n) is 4.45. The van der Waals surface area contributed by atoms with Crippen molar-refractivity contribution in [2.24, 2.45) is 17.1 Å². The van der Waals surface area contributed by atoms with Gasteiger partial charge in [-0.05, 0) is 43.6 Å². The lowest BCUT2D eigenvalue weighted by Crippen LogP contribution is -2.44. The van der Waals surface area contributed by atoms with Gasteiger partial charge in [-0.3, -0.25) is 4.79 Å². The summed E-state index contributed by atoms with van der Waals surface area (Å²) in [5, 5.41) is 3.03. The molecule has 3 heteroatoms. The Bertz CT molecular complexity index is 452. The molecule has 3 nitrogen and oxygen atoms in total. The second-order valence-electron chi connectivity index (χ2n) is 6.93. The van der Waals surface area contributed by atoms with Gasteiger partial charge in [0.05, 0.1) is 0 Å². The lowest BCUT2D eigenvalue weighted by Gasteiger charge is -2.24. The Morgan fingerprint density at radius 2 is 2.00 bits per heavy atom. The van der Waals surface area contributed by atoms with Crippen molar-refractivity contribution >= 4 is 5.91 Å². The summed E-state index contributed by atoms with van der Waals surface area (Å²) in [7, 11) is 0. The van der Waals surface area contributed by atoms with Crippen molar-refractivity contribution in [1.82, 2.24) is 5.32 Å². The van der Waals surface area contributed by atoms with Crippen molar-refractivity contribution in [3.05, 3.63) is 35.9 Å². The van der Waals surface area contributed by atoms with Gasteiger partial charge in [-0.15, -0.1) is 0 Å². The summed E-state index contributed by atoms with van der Waals surface area (Å²) in [4.78, 5) is 12.3. The number of nitrogens with one attached hydrogen (secondary N) is 1. The molecule has 1 atom stereocenters. The number of nitrogens with two attached hydrogens (primary N) is 1. The van der Waals surface area contributed by atoms with Crippen LogP contribution < -0.4 is 11.1 Å². The van der Waals surface area contributed by atoms with E-state index in [4.69, 9.17) is 5.73 Å². The van der Waals surface area contributed by atoms with Gasteiger partial charge in [0.15, 0.2) is 0 Å². The first kappa shape index (κ1) is 16.0. The highest BCUT2D eigenvalue weighted by molar-refractivity contribution is 5.81. The average Bonchev–Trinajstić information content (AvgIpc) is 3.30. The van der Waals surface area contributed by atoms with Crippen LogP contribution in [0.2, 0.25) is 0 Å². The second-order valence-corrected chi connectivity index (χ2v) is 6.93. The highest BCUT2D eigenvalue weighted by Crippen LogP contribution is 2.31. The van der Waals surface area contributed by atoms with Crippen LogP contribution in [0.5, 0.6) is 0 Å². The van der Waals surface area contributed by atoms with Gasteiger partial charge in [0, 0.05) is 18.0 Å². The van der Waals surface area contributed by atoms with Crippen LogP contribution in [0.3, 0.4) is 0 Å². The number of carbonyl (C=O) groups is 1. The average molecular weight is 288 g/mol. The maximum atomic E-state index is 12.3. The summed E-state index contributed by atoms with van der Waals surface area (Å²) in [6, 6.07) is 10.6. The maximum Gasteiger partial charge on any atom is 0.225 e. The van der Waals surface area contributed by atoms with Gasteiger partial charge >= 0.3 is 0 Å². The molecule has 0 radical (unpaired) electrons. The zero-order chi connectivity index (χ0) is 15.3. The molecule has 0 spiro atoms. The van der Waals surface area contributed by atoms with Crippen LogP contribution in [0.25, 0.3) is 0 Å². The topological polar surface area (TPSA) is 55.1 Å². The molecule has 0 heterocycles. The van der Waals surface area contributed by atoms with Gasteiger partial charge in [-0.1, -0.05) is 44.2 Å². The molecule has 1 aromatic rings. The summed E-state index contributed by atoms with van der Waals surface area (Å²) in [6.07, 6.45) is 5.39. The summed E-state index contributed by atoms with van der Waals surface area (Å²) in [5.41, 5.74) is 7.05. The molecule has 1 unspecified atom stereocenters. The molecular formula is C18H28N2O. The van der Waals surface area contributed by atoms with Crippen LogP contribution >= 0.6 is 0 Å². The Labute approximate surface area is 128 Å². The van der Waals surface area contributed by atoms with Crippen LogP contribution in [-0.2, 0) is 11.2 Å². The van der Waals surface area contributed by atoms with Gasteiger partial charge in [0.25, 0.3) is 0 Å². The van der Waals surface area contributed by atoms with Crippen molar-refractivity contribution in [1.29, 1.82) is 0 Å². The Kier molecular flexibility index (Phi) is 5.40. The Morgan fingerprint density at radius 3 is 2.62 bits per heavy atom. The van der Waals surface area contributed by atoms with Gasteiger partial charge in [-0.25, -0.2) is 0 Å². The van der Waals surface area contributed by atoms with Crippen LogP contribution in [0.4, 0.5) is 0 Å². The van der Waals surface area contributed by atoms with Gasteiger partial charge in [0.1, 0.15) is 0 Å². The highest BCUT2D eigenvalue weighted by Gasteiger charge is 2.31. The molecule has 3 N–H and O–H groups in total. The fourth-order valence-electron chi connectivity index (χ4n) is 2.63. The third kappa shape index (κ3) is 5.16. The first-order valence-electron chi connectivity index (χ1n) is 8.07. The lowest BCUT2D eigenvalue weighted by molar-refractivity contribution is -0.129. The van der Waals surface area contributed by atoms with Crippen molar-refractivity contribution in [2.75, 3.05) is 6.54 Å². The fraction of sp³-hybridized carbons (Fsp3) is 0.611. The quantitative estimate of drug-likeness (QED) is 0.773. The molecule has 21 heavy (non-hydrogen) atoms. The summed E-state index contributed by atoms with van der Waals surface area (Å²) >= 11 is 0. The zero-order valence-electron chi connectivity index (χ0n) is 13.3. The number of hydrogen-bond donors (Lipinski definition) is 2. The van der Waals surface area contributed by atoms with E-state index in [-0.39, 0.29) is 17.4 Å². The minimum Gasteiger partial charge on any atom is -0.354 e. The number of benzene rings is 1. The number of hydrogen-bond acceptors (Lipinski definition) is 2. The number of aryl methyl sites for hydroxylation is 1. The van der Waals surface area contributed by atoms with E-state index in [1.165, 1.54) is 18.4 Å². The van der Waals surface area contributed by atoms with Crippen LogP contribution in [0, 0.1) is 11.3 Å². The van der Waals surface area contributed by atoms with Crippen molar-refractivity contribution in [3.63, 3.8) is 0 Å². The summed E-state index contributed by atoms with van der Waals surface area (Å²) < 4.78 is 0. The molecule has 1 fully saturated rings. The van der Waals surface area contributed by atoms with E-state index in [1.807, 2.05) is 19.9 Å². The SMILES string of the molecule is CC(C)(CCCc1ccccc1)C(=O)NCC(N)C1CC1. The standard InChI is InChI=1S/C18H28N2O/c1-18(2,12-6-9-14-7-4-3-5-8-14)17(21)20-13-16(19)15-10-11-15/h3-5,7-8,15-16H,6,9-13,19H2,1-2H3,(H,20,21). The van der Waals surface area contributed by atoms with E-state index >= 15 is 0 Å². The summed E-state index contributed by atoms with van der Waals surface area (Å²) in [5.74, 6) is 0.762. The molecule has 0 aliphatic heterocycles. The van der Waals surface area contributed by atoms with Crippen LogP contribution in [-0.4, -0.2) is 18.5 Å². The largest absolute Gasteiger partial charge is 0.354 e. The maximum absolute atomic E-state index is 12.3. The molecule has 0 aromatic heterocycles. The van der Waals surface area contributed by atoms with E-state index in [2.05, 4.69) is 29.6 Å². The highest BCUT2D eigenvalue weighted by atomic mass is 16.2. The molecule has 1 saturated carbocycles. The van der Waals surface area contributed by atoms with Crippen molar-refractivity contribution < 1.29 is 4.79 Å². The predicted molar refractivity (Wildman–Crippen MR) is 86.9 cm³/mol. The van der Waals surface area contributed by atoms with E-state index < -0.39 is 0 Å².